The fourth-order valence-electron chi connectivity index (χ4n) is 0.0287. The zero-order valence-electron chi connectivity index (χ0n) is 2.51. The van der Waals surface area contributed by atoms with Crippen molar-refractivity contribution in [3.05, 3.63) is 12.3 Å². The summed E-state index contributed by atoms with van der Waals surface area (Å²) in [5.41, 5.74) is 0. The van der Waals surface area contributed by atoms with E-state index in [2.05, 4.69) is 17.9 Å². The second-order valence-corrected chi connectivity index (χ2v) is 0.999. The summed E-state index contributed by atoms with van der Waals surface area (Å²) in [5, 5.41) is 7.84. The Morgan fingerprint density at radius 3 is 2.20 bits per heavy atom. The van der Waals surface area contributed by atoms with Crippen LogP contribution in [0.5, 0.6) is 0 Å². The van der Waals surface area contributed by atoms with Gasteiger partial charge in [-0.25, -0.2) is 0 Å². The summed E-state index contributed by atoms with van der Waals surface area (Å²) in [5.74, 6) is 0. The first kappa shape index (κ1) is 5.03. The van der Waals surface area contributed by atoms with Crippen molar-refractivity contribution in [1.82, 2.24) is 0 Å². The minimum absolute atomic E-state index is 0.972. The summed E-state index contributed by atoms with van der Waals surface area (Å²) >= 11 is 2.48. The van der Waals surface area contributed by atoms with Crippen molar-refractivity contribution in [3.8, 4) is 0 Å². The van der Waals surface area contributed by atoms with Crippen LogP contribution in [0.3, 0.4) is 0 Å². The van der Waals surface area contributed by atoms with Crippen LogP contribution in [0, 0.1) is 0 Å². The molecular weight excluding hydrogens is 155 g/mol. The Bertz CT molecular complexity index is 48.9. The predicted octanol–water partition coefficient (Wildman–Crippen LogP) is 0.407. The third-order valence-electron chi connectivity index (χ3n) is 0.150. The SMILES string of the molecule is O/C=C\[CH]=[Rh]. The van der Waals surface area contributed by atoms with Gasteiger partial charge in [-0.3, -0.25) is 0 Å². The van der Waals surface area contributed by atoms with Crippen LogP contribution < -0.4 is 0 Å². The number of allylic oxidation sites excluding steroid dienone is 1. The third kappa shape index (κ3) is 4.03. The molecule has 0 aromatic heterocycles. The van der Waals surface area contributed by atoms with Crippen LogP contribution in [0.2, 0.25) is 0 Å². The molecule has 5 heavy (non-hydrogen) atoms. The van der Waals surface area contributed by atoms with Crippen LogP contribution in [0.4, 0.5) is 0 Å². The van der Waals surface area contributed by atoms with Crippen molar-refractivity contribution in [3.63, 3.8) is 0 Å². The fraction of sp³-hybridized carbons (Fsp3) is 0. The Labute approximate surface area is 40.5 Å². The molecular formula is C3H4ORh. The van der Waals surface area contributed by atoms with E-state index < -0.39 is 0 Å². The Kier molecular flexibility index (Phi) is 4.06. The van der Waals surface area contributed by atoms with Gasteiger partial charge >= 0.3 is 39.9 Å². The van der Waals surface area contributed by atoms with Crippen molar-refractivity contribution in [1.29, 1.82) is 0 Å². The Balaban J connectivity index is 2.92. The van der Waals surface area contributed by atoms with Gasteiger partial charge in [0.25, 0.3) is 0 Å². The molecule has 0 unspecified atom stereocenters. The number of aliphatic hydroxyl groups is 1. The van der Waals surface area contributed by atoms with Gasteiger partial charge in [0.15, 0.2) is 0 Å². The van der Waals surface area contributed by atoms with Gasteiger partial charge in [-0.15, -0.1) is 0 Å². The number of rotatable bonds is 1. The van der Waals surface area contributed by atoms with Crippen molar-refractivity contribution in [2.75, 3.05) is 0 Å². The summed E-state index contributed by atoms with van der Waals surface area (Å²) in [6, 6.07) is 0. The van der Waals surface area contributed by atoms with Gasteiger partial charge in [-0.05, 0) is 0 Å². The van der Waals surface area contributed by atoms with Crippen LogP contribution >= 0.6 is 0 Å². The van der Waals surface area contributed by atoms with Gasteiger partial charge < -0.3 is 0 Å². The Hall–Kier alpha value is 0.0334. The normalized spacial score (nSPS) is 9.00. The number of hydrogen-bond acceptors (Lipinski definition) is 1. The molecule has 0 saturated carbocycles. The zero-order valence-corrected chi connectivity index (χ0v) is 4.15. The van der Waals surface area contributed by atoms with Crippen LogP contribution in [-0.2, 0) is 17.9 Å². The summed E-state index contributed by atoms with van der Waals surface area (Å²) < 4.78 is 1.64. The molecule has 31 valence electrons. The van der Waals surface area contributed by atoms with E-state index in [9.17, 15) is 0 Å². The van der Waals surface area contributed by atoms with Gasteiger partial charge in [0.2, 0.25) is 0 Å². The average Bonchev–Trinajstić information content (AvgIpc) is 1.41. The number of aliphatic hydroxyl groups excluding tert-OH is 1. The topological polar surface area (TPSA) is 20.2 Å². The second kappa shape index (κ2) is 4.03. The average molecular weight is 159 g/mol. The molecule has 0 spiro atoms. The van der Waals surface area contributed by atoms with Crippen molar-refractivity contribution < 1.29 is 23.0 Å². The van der Waals surface area contributed by atoms with Crippen molar-refractivity contribution in [2.24, 2.45) is 0 Å². The van der Waals surface area contributed by atoms with Crippen LogP contribution in [0.15, 0.2) is 12.3 Å². The van der Waals surface area contributed by atoms with Gasteiger partial charge in [0.05, 0.1) is 0 Å². The van der Waals surface area contributed by atoms with E-state index in [1.165, 1.54) is 6.08 Å². The number of hydrogen-bond donors (Lipinski definition) is 1. The van der Waals surface area contributed by atoms with E-state index in [1.54, 1.807) is 4.61 Å². The standard InChI is InChI=1S/C3H4O.Rh/c1-2-3-4;/h1-4H;/b3-2-;. The molecule has 0 amide bonds. The summed E-state index contributed by atoms with van der Waals surface area (Å²) in [6.07, 6.45) is 2.48. The predicted molar refractivity (Wildman–Crippen MR) is 17.8 cm³/mol. The third-order valence-corrected chi connectivity index (χ3v) is 0.466. The molecule has 0 aliphatic carbocycles. The van der Waals surface area contributed by atoms with Gasteiger partial charge in [-0.2, -0.15) is 0 Å². The molecule has 0 fully saturated rings. The van der Waals surface area contributed by atoms with Gasteiger partial charge in [-0.1, -0.05) is 0 Å². The quantitative estimate of drug-likeness (QED) is 0.433. The summed E-state index contributed by atoms with van der Waals surface area (Å²) in [7, 11) is 0. The Morgan fingerprint density at radius 2 is 2.20 bits per heavy atom. The Morgan fingerprint density at radius 1 is 1.60 bits per heavy atom. The first-order valence-corrected chi connectivity index (χ1v) is 2.06. The van der Waals surface area contributed by atoms with E-state index >= 15 is 0 Å². The molecule has 0 aliphatic heterocycles. The first-order valence-electron chi connectivity index (χ1n) is 1.12. The van der Waals surface area contributed by atoms with E-state index in [4.69, 9.17) is 5.11 Å². The molecule has 0 bridgehead atoms. The maximum atomic E-state index is 7.84. The molecule has 0 aliphatic rings. The van der Waals surface area contributed by atoms with Gasteiger partial charge in [0.1, 0.15) is 0 Å². The zero-order chi connectivity index (χ0) is 4.12. The van der Waals surface area contributed by atoms with E-state index in [0.29, 0.717) is 0 Å². The summed E-state index contributed by atoms with van der Waals surface area (Å²) in [6.45, 7) is 0. The molecule has 0 rings (SSSR count). The molecule has 0 aromatic carbocycles. The maximum absolute atomic E-state index is 7.84. The first-order chi connectivity index (χ1) is 2.41. The molecule has 0 radical (unpaired) electrons. The molecule has 0 saturated heterocycles. The van der Waals surface area contributed by atoms with Crippen LogP contribution in [0.25, 0.3) is 0 Å². The van der Waals surface area contributed by atoms with Crippen molar-refractivity contribution in [2.45, 2.75) is 0 Å². The van der Waals surface area contributed by atoms with E-state index in [1.807, 2.05) is 0 Å². The second-order valence-electron chi connectivity index (χ2n) is 0.453. The molecule has 1 nitrogen and oxygen atoms in total. The molecule has 2 heteroatoms. The van der Waals surface area contributed by atoms with Crippen LogP contribution in [0.1, 0.15) is 0 Å². The fourth-order valence-corrected chi connectivity index (χ4v) is 0.170. The molecule has 0 atom stereocenters. The molecule has 1 N–H and O–H groups in total. The minimum atomic E-state index is 0.972. The molecule has 0 heterocycles. The molecule has 0 aromatic rings. The van der Waals surface area contributed by atoms with Gasteiger partial charge in [0, 0.05) is 0 Å². The van der Waals surface area contributed by atoms with E-state index in [0.717, 1.165) is 6.26 Å². The summed E-state index contributed by atoms with van der Waals surface area (Å²) in [4.78, 5) is 0. The van der Waals surface area contributed by atoms with Crippen LogP contribution in [-0.4, -0.2) is 9.72 Å². The van der Waals surface area contributed by atoms with E-state index in [-0.39, 0.29) is 0 Å². The monoisotopic (exact) mass is 159 g/mol. The van der Waals surface area contributed by atoms with Crippen molar-refractivity contribution >= 4 is 4.61 Å².